The molecule has 0 aromatic heterocycles. The van der Waals surface area contributed by atoms with Crippen molar-refractivity contribution < 1.29 is 0 Å². The van der Waals surface area contributed by atoms with Crippen molar-refractivity contribution >= 4 is 0 Å². The summed E-state index contributed by atoms with van der Waals surface area (Å²) in [6.45, 7) is 2.07. The van der Waals surface area contributed by atoms with Crippen LogP contribution in [0.2, 0.25) is 0 Å². The minimum absolute atomic E-state index is 0.983. The van der Waals surface area contributed by atoms with Crippen LogP contribution in [0.5, 0.6) is 0 Å². The largest absolute Gasteiger partial charge is 0.0834 e. The van der Waals surface area contributed by atoms with Gasteiger partial charge in [-0.15, -0.1) is 0 Å². The molecule has 0 amide bonds. The molecule has 0 heteroatoms. The van der Waals surface area contributed by atoms with Gasteiger partial charge in [-0.25, -0.2) is 0 Å². The van der Waals surface area contributed by atoms with Crippen molar-refractivity contribution in [2.75, 3.05) is 0 Å². The highest BCUT2D eigenvalue weighted by Gasteiger charge is 1.87. The zero-order chi connectivity index (χ0) is 5.11. The van der Waals surface area contributed by atoms with Crippen molar-refractivity contribution in [2.45, 2.75) is 13.3 Å². The lowest BCUT2D eigenvalue weighted by atomic mass is 10.1. The highest BCUT2D eigenvalue weighted by molar-refractivity contribution is 5.24. The van der Waals surface area contributed by atoms with Crippen LogP contribution in [-0.4, -0.2) is 0 Å². The second kappa shape index (κ2) is 1.97. The van der Waals surface area contributed by atoms with Crippen molar-refractivity contribution in [3.8, 4) is 0 Å². The minimum atomic E-state index is 0.983. The molecule has 0 atom stereocenters. The molecule has 0 heterocycles. The molecule has 0 saturated heterocycles. The molecule has 2 radical (unpaired) electrons. The van der Waals surface area contributed by atoms with Crippen molar-refractivity contribution in [3.63, 3.8) is 0 Å². The summed E-state index contributed by atoms with van der Waals surface area (Å²) in [4.78, 5) is 0. The summed E-state index contributed by atoms with van der Waals surface area (Å²) in [5, 5.41) is 0. The van der Waals surface area contributed by atoms with Crippen LogP contribution < -0.4 is 0 Å². The van der Waals surface area contributed by atoms with Gasteiger partial charge in [-0.05, 0) is 13.3 Å². The molecule has 0 nitrogen and oxygen atoms in total. The molecule has 0 fully saturated rings. The van der Waals surface area contributed by atoms with E-state index >= 15 is 0 Å². The van der Waals surface area contributed by atoms with E-state index in [-0.39, 0.29) is 0 Å². The van der Waals surface area contributed by atoms with Crippen LogP contribution in [0.25, 0.3) is 0 Å². The Hall–Kier alpha value is -0.520. The molecule has 1 rings (SSSR count). The van der Waals surface area contributed by atoms with E-state index in [1.807, 2.05) is 6.08 Å². The normalized spacial score (nSPS) is 19.3. The second-order valence-corrected chi connectivity index (χ2v) is 1.70. The van der Waals surface area contributed by atoms with Gasteiger partial charge in [0.15, 0.2) is 0 Å². The topological polar surface area (TPSA) is 0 Å². The molecule has 0 unspecified atom stereocenters. The van der Waals surface area contributed by atoms with Crippen LogP contribution >= 0.6 is 0 Å². The Kier molecular flexibility index (Phi) is 1.30. The van der Waals surface area contributed by atoms with E-state index in [1.54, 1.807) is 0 Å². The molecule has 0 N–H and O–H groups in total. The predicted octanol–water partition coefficient (Wildman–Crippen LogP) is 1.97. The van der Waals surface area contributed by atoms with E-state index in [0.29, 0.717) is 0 Å². The van der Waals surface area contributed by atoms with Crippen molar-refractivity contribution in [1.82, 2.24) is 0 Å². The fourth-order valence-corrected chi connectivity index (χ4v) is 0.581. The van der Waals surface area contributed by atoms with Gasteiger partial charge in [-0.3, -0.25) is 0 Å². The summed E-state index contributed by atoms with van der Waals surface area (Å²) in [6, 6.07) is 0. The lowest BCUT2D eigenvalue weighted by molar-refractivity contribution is 1.23. The van der Waals surface area contributed by atoms with Gasteiger partial charge in [0, 0.05) is 6.42 Å². The maximum absolute atomic E-state index is 3.09. The van der Waals surface area contributed by atoms with Crippen LogP contribution in [0, 0.1) is 6.42 Å². The number of allylic oxidation sites excluding steroid dienone is 4. The fraction of sp³-hybridized carbons (Fsp3) is 0.286. The van der Waals surface area contributed by atoms with Crippen molar-refractivity contribution in [3.05, 3.63) is 30.2 Å². The molecule has 0 aromatic carbocycles. The minimum Gasteiger partial charge on any atom is -0.0834 e. The van der Waals surface area contributed by atoms with Gasteiger partial charge < -0.3 is 0 Å². The Morgan fingerprint density at radius 3 is 2.86 bits per heavy atom. The van der Waals surface area contributed by atoms with Crippen LogP contribution in [0.4, 0.5) is 0 Å². The summed E-state index contributed by atoms with van der Waals surface area (Å²) < 4.78 is 0. The molecular weight excluding hydrogens is 84.1 g/mol. The van der Waals surface area contributed by atoms with E-state index in [2.05, 4.69) is 25.5 Å². The van der Waals surface area contributed by atoms with Gasteiger partial charge in [-0.1, -0.05) is 23.8 Å². The van der Waals surface area contributed by atoms with Crippen LogP contribution in [0.15, 0.2) is 23.8 Å². The van der Waals surface area contributed by atoms with Gasteiger partial charge in [-0.2, -0.15) is 0 Å². The zero-order valence-electron chi connectivity index (χ0n) is 4.44. The average molecular weight is 92.1 g/mol. The van der Waals surface area contributed by atoms with Gasteiger partial charge in [0.25, 0.3) is 0 Å². The maximum atomic E-state index is 3.09. The molecule has 36 valence electrons. The number of rotatable bonds is 0. The Morgan fingerprint density at radius 2 is 2.57 bits per heavy atom. The number of hydrogen-bond donors (Lipinski definition) is 0. The van der Waals surface area contributed by atoms with Crippen LogP contribution in [0.3, 0.4) is 0 Å². The van der Waals surface area contributed by atoms with E-state index in [9.17, 15) is 0 Å². The third-order valence-corrected chi connectivity index (χ3v) is 0.946. The molecule has 0 aromatic rings. The summed E-state index contributed by atoms with van der Waals surface area (Å²) in [7, 11) is 0. The molecule has 0 bridgehead atoms. The average Bonchev–Trinajstić information content (AvgIpc) is 1.69. The molecule has 1 aliphatic rings. The van der Waals surface area contributed by atoms with Crippen LogP contribution in [0.1, 0.15) is 13.3 Å². The summed E-state index contributed by atoms with van der Waals surface area (Å²) in [5.41, 5.74) is 1.30. The zero-order valence-corrected chi connectivity index (χ0v) is 4.44. The van der Waals surface area contributed by atoms with E-state index in [4.69, 9.17) is 0 Å². The summed E-state index contributed by atoms with van der Waals surface area (Å²) in [5.74, 6) is 0. The Bertz CT molecular complexity index is 107. The highest BCUT2D eigenvalue weighted by Crippen LogP contribution is 2.05. The number of hydrogen-bond acceptors (Lipinski definition) is 0. The van der Waals surface area contributed by atoms with Gasteiger partial charge in [0.1, 0.15) is 0 Å². The SMILES string of the molecule is CC1=C[C]CC=C1. The Morgan fingerprint density at radius 1 is 1.71 bits per heavy atom. The van der Waals surface area contributed by atoms with E-state index < -0.39 is 0 Å². The smallest absolute Gasteiger partial charge is 0.0128 e. The first-order valence-corrected chi connectivity index (χ1v) is 2.46. The lowest BCUT2D eigenvalue weighted by Gasteiger charge is -1.95. The first-order chi connectivity index (χ1) is 3.39. The Balaban J connectivity index is 2.58. The van der Waals surface area contributed by atoms with E-state index in [1.165, 1.54) is 5.57 Å². The van der Waals surface area contributed by atoms with Gasteiger partial charge in [0.05, 0.1) is 0 Å². The maximum Gasteiger partial charge on any atom is 0.0128 e. The fourth-order valence-electron chi connectivity index (χ4n) is 0.581. The lowest BCUT2D eigenvalue weighted by Crippen LogP contribution is -1.77. The summed E-state index contributed by atoms with van der Waals surface area (Å²) >= 11 is 0. The molecule has 0 spiro atoms. The molecule has 0 aliphatic heterocycles. The van der Waals surface area contributed by atoms with E-state index in [0.717, 1.165) is 6.42 Å². The van der Waals surface area contributed by atoms with Crippen molar-refractivity contribution in [1.29, 1.82) is 0 Å². The van der Waals surface area contributed by atoms with Gasteiger partial charge in [0.2, 0.25) is 0 Å². The third-order valence-electron chi connectivity index (χ3n) is 0.946. The first kappa shape index (κ1) is 4.63. The van der Waals surface area contributed by atoms with Gasteiger partial charge >= 0.3 is 0 Å². The standard InChI is InChI=1S/C7H8/c1-7-5-3-2-4-6-7/h3,5-6H,2H2,1H3. The monoisotopic (exact) mass is 92.1 g/mol. The molecular formula is C7H8. The molecule has 0 saturated carbocycles. The third kappa shape index (κ3) is 1.19. The predicted molar refractivity (Wildman–Crippen MR) is 30.8 cm³/mol. The highest BCUT2D eigenvalue weighted by atomic mass is 13.9. The summed E-state index contributed by atoms with van der Waals surface area (Å²) in [6.07, 6.45) is 10.3. The van der Waals surface area contributed by atoms with Crippen LogP contribution in [-0.2, 0) is 0 Å². The molecule has 1 aliphatic carbocycles. The van der Waals surface area contributed by atoms with Crippen molar-refractivity contribution in [2.24, 2.45) is 0 Å². The Labute approximate surface area is 44.5 Å². The second-order valence-electron chi connectivity index (χ2n) is 1.70. The quantitative estimate of drug-likeness (QED) is 0.428. The molecule has 7 heavy (non-hydrogen) atoms. The first-order valence-electron chi connectivity index (χ1n) is 2.46.